The second kappa shape index (κ2) is 5.77. The third kappa shape index (κ3) is 4.01. The van der Waals surface area contributed by atoms with Gasteiger partial charge in [0.1, 0.15) is 11.5 Å². The molecule has 1 spiro atoms. The van der Waals surface area contributed by atoms with Crippen molar-refractivity contribution in [1.82, 2.24) is 10.2 Å². The standard InChI is InChI=1S/C18H21F5N2O3S/c19-29(20,21,22,23)15-3-1-2-13(8-15)12-4-6-25(7-5-12)16(26)14-9-18(10-14)11-28-17(27)24-18/h1-3,8,12,14H,4-7,9-11H2,(H,24,27)/t14-,18+. The van der Waals surface area contributed by atoms with E-state index < -0.39 is 26.8 Å². The number of carbonyl (C=O) groups is 2. The van der Waals surface area contributed by atoms with Crippen LogP contribution in [0, 0.1) is 5.92 Å². The van der Waals surface area contributed by atoms with E-state index in [9.17, 15) is 29.0 Å². The molecule has 2 amide bonds. The normalized spacial score (nSPS) is 30.2. The first-order valence-electron chi connectivity index (χ1n) is 9.33. The van der Waals surface area contributed by atoms with Gasteiger partial charge in [0.15, 0.2) is 0 Å². The number of carbonyl (C=O) groups excluding carboxylic acids is 2. The first kappa shape index (κ1) is 20.2. The van der Waals surface area contributed by atoms with Crippen LogP contribution >= 0.6 is 10.2 Å². The summed E-state index contributed by atoms with van der Waals surface area (Å²) in [6.07, 6.45) is 1.35. The fraction of sp³-hybridized carbons (Fsp3) is 0.556. The van der Waals surface area contributed by atoms with E-state index in [1.165, 1.54) is 6.07 Å². The van der Waals surface area contributed by atoms with E-state index in [0.29, 0.717) is 50.9 Å². The molecule has 1 aromatic carbocycles. The molecule has 0 radical (unpaired) electrons. The summed E-state index contributed by atoms with van der Waals surface area (Å²) in [6.45, 7) is 0.965. The predicted molar refractivity (Wildman–Crippen MR) is 96.3 cm³/mol. The lowest BCUT2D eigenvalue weighted by Gasteiger charge is -2.45. The number of nitrogens with one attached hydrogen (secondary N) is 1. The lowest BCUT2D eigenvalue weighted by Crippen LogP contribution is -2.58. The smallest absolute Gasteiger partial charge is 0.407 e. The number of rotatable bonds is 3. The van der Waals surface area contributed by atoms with Crippen molar-refractivity contribution in [3.8, 4) is 0 Å². The molecular formula is C18H21F5N2O3S. The Kier molecular flexibility index (Phi) is 4.02. The monoisotopic (exact) mass is 440 g/mol. The summed E-state index contributed by atoms with van der Waals surface area (Å²) in [5, 5.41) is 2.72. The zero-order valence-electron chi connectivity index (χ0n) is 15.4. The van der Waals surface area contributed by atoms with E-state index in [0.717, 1.165) is 6.07 Å². The highest BCUT2D eigenvalue weighted by Crippen LogP contribution is 3.02. The summed E-state index contributed by atoms with van der Waals surface area (Å²) in [5.74, 6) is -0.574. The number of amides is 2. The molecule has 0 atom stereocenters. The zero-order chi connectivity index (χ0) is 21.1. The third-order valence-electron chi connectivity index (χ3n) is 6.05. The molecule has 2 heterocycles. The average Bonchev–Trinajstić information content (AvgIpc) is 3.00. The van der Waals surface area contributed by atoms with Crippen molar-refractivity contribution in [3.63, 3.8) is 0 Å². The van der Waals surface area contributed by atoms with Crippen LogP contribution in [0.1, 0.15) is 37.2 Å². The Labute approximate surface area is 164 Å². The van der Waals surface area contributed by atoms with E-state index in [4.69, 9.17) is 4.74 Å². The second-order valence-corrected chi connectivity index (χ2v) is 10.6. The number of piperidine rings is 1. The largest absolute Gasteiger partial charge is 0.447 e. The van der Waals surface area contributed by atoms with Gasteiger partial charge >= 0.3 is 16.3 Å². The third-order valence-corrected chi connectivity index (χ3v) is 7.20. The molecule has 1 N–H and O–H groups in total. The highest BCUT2D eigenvalue weighted by atomic mass is 32.5. The van der Waals surface area contributed by atoms with Crippen LogP contribution in [0.4, 0.5) is 24.2 Å². The van der Waals surface area contributed by atoms with Gasteiger partial charge in [0.2, 0.25) is 5.91 Å². The molecular weight excluding hydrogens is 419 g/mol. The molecule has 162 valence electrons. The summed E-state index contributed by atoms with van der Waals surface area (Å²) in [6, 6.07) is 3.38. The number of benzene rings is 1. The number of likely N-dealkylation sites (tertiary alicyclic amines) is 1. The molecule has 5 nitrogen and oxygen atoms in total. The topological polar surface area (TPSA) is 58.6 Å². The minimum absolute atomic E-state index is 0.0454. The Bertz CT molecular complexity index is 862. The number of cyclic esters (lactones) is 1. The quantitative estimate of drug-likeness (QED) is 0.678. The van der Waals surface area contributed by atoms with Gasteiger partial charge in [-0.1, -0.05) is 31.6 Å². The minimum atomic E-state index is -9.71. The Hall–Kier alpha value is -2.04. The Morgan fingerprint density at radius 2 is 1.79 bits per heavy atom. The van der Waals surface area contributed by atoms with Gasteiger partial charge in [0, 0.05) is 19.0 Å². The molecule has 3 fully saturated rings. The molecule has 1 saturated carbocycles. The Morgan fingerprint density at radius 3 is 2.34 bits per heavy atom. The van der Waals surface area contributed by atoms with Crippen LogP contribution in [-0.4, -0.2) is 42.1 Å². The SMILES string of the molecule is O=C1N[C@]2(CO1)C[C@H](C(=O)N1CCC(c3cccc(S(F)(F)(F)(F)F)c3)CC1)C2. The van der Waals surface area contributed by atoms with Gasteiger partial charge in [-0.15, -0.1) is 0 Å². The molecule has 29 heavy (non-hydrogen) atoms. The summed E-state index contributed by atoms with van der Waals surface area (Å²) in [5.41, 5.74) is -0.238. The maximum Gasteiger partial charge on any atom is 0.407 e. The van der Waals surface area contributed by atoms with Crippen molar-refractivity contribution >= 4 is 22.2 Å². The Balaban J connectivity index is 1.36. The van der Waals surface area contributed by atoms with Crippen LogP contribution in [0.5, 0.6) is 0 Å². The molecule has 11 heteroatoms. The Morgan fingerprint density at radius 1 is 1.14 bits per heavy atom. The van der Waals surface area contributed by atoms with Crippen molar-refractivity contribution in [3.05, 3.63) is 29.8 Å². The maximum atomic E-state index is 13.1. The molecule has 2 aliphatic heterocycles. The number of hydrogen-bond donors (Lipinski definition) is 1. The molecule has 1 aliphatic carbocycles. The molecule has 0 bridgehead atoms. The number of hydrogen-bond acceptors (Lipinski definition) is 3. The van der Waals surface area contributed by atoms with Gasteiger partial charge in [-0.25, -0.2) is 4.79 Å². The molecule has 1 aromatic rings. The van der Waals surface area contributed by atoms with Crippen LogP contribution in [0.3, 0.4) is 0 Å². The van der Waals surface area contributed by atoms with Gasteiger partial charge in [0.25, 0.3) is 0 Å². The summed E-state index contributed by atoms with van der Waals surface area (Å²) in [4.78, 5) is 23.6. The zero-order valence-corrected chi connectivity index (χ0v) is 16.2. The fourth-order valence-electron chi connectivity index (χ4n) is 4.47. The van der Waals surface area contributed by atoms with Gasteiger partial charge in [-0.2, -0.15) is 0 Å². The molecule has 0 aromatic heterocycles. The van der Waals surface area contributed by atoms with Crippen LogP contribution in [0.15, 0.2) is 29.2 Å². The number of nitrogens with zero attached hydrogens (tertiary/aromatic N) is 1. The average molecular weight is 440 g/mol. The van der Waals surface area contributed by atoms with Crippen molar-refractivity contribution < 1.29 is 33.8 Å². The highest BCUT2D eigenvalue weighted by Gasteiger charge is 2.65. The fourth-order valence-corrected chi connectivity index (χ4v) is 5.16. The van der Waals surface area contributed by atoms with E-state index in [1.54, 1.807) is 4.90 Å². The van der Waals surface area contributed by atoms with Crippen molar-refractivity contribution in [2.45, 2.75) is 42.0 Å². The number of alkyl carbamates (subject to hydrolysis) is 1. The van der Waals surface area contributed by atoms with Gasteiger partial charge in [-0.3, -0.25) is 4.79 Å². The first-order chi connectivity index (χ1) is 13.2. The molecule has 3 aliphatic rings. The number of halogens is 5. The van der Waals surface area contributed by atoms with Crippen LogP contribution in [0.25, 0.3) is 0 Å². The summed E-state index contributed by atoms with van der Waals surface area (Å²) < 4.78 is 70.2. The van der Waals surface area contributed by atoms with E-state index in [1.807, 2.05) is 0 Å². The van der Waals surface area contributed by atoms with E-state index in [2.05, 4.69) is 5.32 Å². The molecule has 2 saturated heterocycles. The highest BCUT2D eigenvalue weighted by molar-refractivity contribution is 8.45. The molecule has 0 unspecified atom stereocenters. The number of ether oxygens (including phenoxy) is 1. The van der Waals surface area contributed by atoms with Crippen LogP contribution in [0.2, 0.25) is 0 Å². The van der Waals surface area contributed by atoms with Crippen molar-refractivity contribution in [2.75, 3.05) is 19.7 Å². The minimum Gasteiger partial charge on any atom is -0.447 e. The van der Waals surface area contributed by atoms with E-state index >= 15 is 0 Å². The summed E-state index contributed by atoms with van der Waals surface area (Å²) in [7, 11) is -9.71. The van der Waals surface area contributed by atoms with Gasteiger partial charge in [0.05, 0.1) is 5.54 Å². The molecule has 4 rings (SSSR count). The van der Waals surface area contributed by atoms with Crippen LogP contribution in [-0.2, 0) is 9.53 Å². The van der Waals surface area contributed by atoms with Gasteiger partial charge in [-0.05, 0) is 49.3 Å². The van der Waals surface area contributed by atoms with Crippen molar-refractivity contribution in [1.29, 1.82) is 0 Å². The van der Waals surface area contributed by atoms with Crippen molar-refractivity contribution in [2.24, 2.45) is 5.92 Å². The predicted octanol–water partition coefficient (Wildman–Crippen LogP) is 4.94. The second-order valence-electron chi connectivity index (χ2n) is 8.23. The van der Waals surface area contributed by atoms with Gasteiger partial charge < -0.3 is 15.0 Å². The van der Waals surface area contributed by atoms with E-state index in [-0.39, 0.29) is 29.9 Å². The lowest BCUT2D eigenvalue weighted by atomic mass is 9.68. The van der Waals surface area contributed by atoms with Crippen LogP contribution < -0.4 is 5.32 Å². The summed E-state index contributed by atoms with van der Waals surface area (Å²) >= 11 is 0. The maximum absolute atomic E-state index is 13.1. The first-order valence-corrected chi connectivity index (χ1v) is 11.3. The lowest BCUT2D eigenvalue weighted by molar-refractivity contribution is -0.142.